The van der Waals surface area contributed by atoms with Gasteiger partial charge in [-0.2, -0.15) is 0 Å². The minimum Gasteiger partial charge on any atom is -0.326 e. The van der Waals surface area contributed by atoms with E-state index in [1.54, 1.807) is 12.1 Å². The highest BCUT2D eigenvalue weighted by atomic mass is 35.5. The fourth-order valence-corrected chi connectivity index (χ4v) is 2.91. The monoisotopic (exact) mass is 385 g/mol. The third-order valence-corrected chi connectivity index (χ3v) is 4.19. The van der Waals surface area contributed by atoms with E-state index in [0.29, 0.717) is 11.3 Å². The molecule has 2 aromatic carbocycles. The summed E-state index contributed by atoms with van der Waals surface area (Å²) >= 11 is 6.08. The SMILES string of the molecule is CC(=O)Nc1ccc(N2C(=O)C(Cl)=C(c3ccc([N+](=O)[O-])cc3)C2=O)cc1. The highest BCUT2D eigenvalue weighted by molar-refractivity contribution is 6.60. The maximum Gasteiger partial charge on any atom is 0.277 e. The summed E-state index contributed by atoms with van der Waals surface area (Å²) < 4.78 is 0. The molecular weight excluding hydrogens is 374 g/mol. The molecule has 0 aliphatic carbocycles. The van der Waals surface area contributed by atoms with Crippen LogP contribution in [0, 0.1) is 10.1 Å². The number of nitro groups is 1. The minimum atomic E-state index is -0.692. The molecule has 9 heteroatoms. The number of hydrogen-bond donors (Lipinski definition) is 1. The fraction of sp³-hybridized carbons (Fsp3) is 0.0556. The van der Waals surface area contributed by atoms with Gasteiger partial charge in [-0.3, -0.25) is 24.5 Å². The van der Waals surface area contributed by atoms with Gasteiger partial charge in [-0.1, -0.05) is 11.6 Å². The third kappa shape index (κ3) is 3.42. The van der Waals surface area contributed by atoms with Crippen molar-refractivity contribution < 1.29 is 19.3 Å². The van der Waals surface area contributed by atoms with Gasteiger partial charge in [0.15, 0.2) is 0 Å². The van der Waals surface area contributed by atoms with Crippen LogP contribution in [0.15, 0.2) is 53.6 Å². The number of anilines is 2. The summed E-state index contributed by atoms with van der Waals surface area (Å²) in [6.07, 6.45) is 0. The fourth-order valence-electron chi connectivity index (χ4n) is 2.63. The van der Waals surface area contributed by atoms with Crippen LogP contribution >= 0.6 is 11.6 Å². The predicted octanol–water partition coefficient (Wildman–Crippen LogP) is 3.08. The third-order valence-electron chi connectivity index (χ3n) is 3.84. The predicted molar refractivity (Wildman–Crippen MR) is 99.1 cm³/mol. The molecule has 3 rings (SSSR count). The number of nitrogens with one attached hydrogen (secondary N) is 1. The van der Waals surface area contributed by atoms with Gasteiger partial charge < -0.3 is 5.32 Å². The summed E-state index contributed by atoms with van der Waals surface area (Å²) in [4.78, 5) is 47.4. The van der Waals surface area contributed by atoms with Gasteiger partial charge in [0.25, 0.3) is 17.5 Å². The van der Waals surface area contributed by atoms with Crippen LogP contribution in [0.2, 0.25) is 0 Å². The Kier molecular flexibility index (Phi) is 4.74. The number of nitro benzene ring substituents is 1. The zero-order valence-electron chi connectivity index (χ0n) is 13.9. The number of hydrogen-bond acceptors (Lipinski definition) is 5. The quantitative estimate of drug-likeness (QED) is 0.494. The van der Waals surface area contributed by atoms with E-state index in [1.807, 2.05) is 0 Å². The lowest BCUT2D eigenvalue weighted by molar-refractivity contribution is -0.384. The Morgan fingerprint density at radius 2 is 1.63 bits per heavy atom. The van der Waals surface area contributed by atoms with Crippen molar-refractivity contribution in [3.63, 3.8) is 0 Å². The number of benzene rings is 2. The Morgan fingerprint density at radius 3 is 2.15 bits per heavy atom. The Bertz CT molecular complexity index is 997. The van der Waals surface area contributed by atoms with E-state index in [-0.39, 0.29) is 27.9 Å². The maximum absolute atomic E-state index is 12.8. The molecule has 0 saturated heterocycles. The van der Waals surface area contributed by atoms with Crippen molar-refractivity contribution in [3.8, 4) is 0 Å². The van der Waals surface area contributed by atoms with Gasteiger partial charge in [0.1, 0.15) is 5.03 Å². The summed E-state index contributed by atoms with van der Waals surface area (Å²) in [5.41, 5.74) is 0.940. The standard InChI is InChI=1S/C18H12ClN3O5/c1-10(23)20-12-4-8-13(9-5-12)21-17(24)15(16(19)18(21)25)11-2-6-14(7-3-11)22(26)27/h2-9H,1H3,(H,20,23). The Balaban J connectivity index is 1.91. The van der Waals surface area contributed by atoms with Crippen LogP contribution in [0.1, 0.15) is 12.5 Å². The van der Waals surface area contributed by atoms with Gasteiger partial charge in [-0.15, -0.1) is 0 Å². The average Bonchev–Trinajstić information content (AvgIpc) is 2.85. The molecule has 0 fully saturated rings. The molecule has 1 heterocycles. The Labute approximate surface area is 158 Å². The van der Waals surface area contributed by atoms with Crippen LogP contribution in [0.25, 0.3) is 5.57 Å². The molecule has 0 aromatic heterocycles. The van der Waals surface area contributed by atoms with Crippen LogP contribution in [0.4, 0.5) is 17.1 Å². The van der Waals surface area contributed by atoms with Gasteiger partial charge in [-0.05, 0) is 42.0 Å². The number of nitrogens with zero attached hydrogens (tertiary/aromatic N) is 2. The van der Waals surface area contributed by atoms with Crippen LogP contribution in [0.5, 0.6) is 0 Å². The highest BCUT2D eigenvalue weighted by Gasteiger charge is 2.39. The van der Waals surface area contributed by atoms with Gasteiger partial charge in [-0.25, -0.2) is 4.90 Å². The summed E-state index contributed by atoms with van der Waals surface area (Å²) in [6, 6.07) is 11.3. The lowest BCUT2D eigenvalue weighted by atomic mass is 10.1. The van der Waals surface area contributed by atoms with Crippen molar-refractivity contribution in [2.75, 3.05) is 10.2 Å². The highest BCUT2D eigenvalue weighted by Crippen LogP contribution is 2.35. The molecule has 0 saturated carbocycles. The Morgan fingerprint density at radius 1 is 1.04 bits per heavy atom. The summed E-state index contributed by atoms with van der Waals surface area (Å²) in [5, 5.41) is 13.1. The number of carbonyl (C=O) groups excluding carboxylic acids is 3. The first-order chi connectivity index (χ1) is 12.8. The lowest BCUT2D eigenvalue weighted by Crippen LogP contribution is -2.31. The van der Waals surface area contributed by atoms with E-state index >= 15 is 0 Å². The molecule has 0 unspecified atom stereocenters. The van der Waals surface area contributed by atoms with Crippen LogP contribution < -0.4 is 10.2 Å². The molecule has 8 nitrogen and oxygen atoms in total. The lowest BCUT2D eigenvalue weighted by Gasteiger charge is -2.15. The first-order valence-corrected chi connectivity index (χ1v) is 8.08. The molecule has 0 atom stereocenters. The van der Waals surface area contributed by atoms with Gasteiger partial charge in [0.05, 0.1) is 16.2 Å². The van der Waals surface area contributed by atoms with Gasteiger partial charge in [0.2, 0.25) is 5.91 Å². The number of non-ortho nitro benzene ring substituents is 1. The summed E-state index contributed by atoms with van der Waals surface area (Å²) in [6.45, 7) is 1.36. The first kappa shape index (κ1) is 18.3. The largest absolute Gasteiger partial charge is 0.326 e. The van der Waals surface area contributed by atoms with Crippen molar-refractivity contribution in [1.29, 1.82) is 0 Å². The molecule has 27 heavy (non-hydrogen) atoms. The van der Waals surface area contributed by atoms with E-state index in [0.717, 1.165) is 4.90 Å². The average molecular weight is 386 g/mol. The molecule has 0 radical (unpaired) electrons. The van der Waals surface area contributed by atoms with Gasteiger partial charge >= 0.3 is 0 Å². The van der Waals surface area contributed by atoms with Crippen molar-refractivity contribution in [1.82, 2.24) is 0 Å². The zero-order chi connectivity index (χ0) is 19.7. The van der Waals surface area contributed by atoms with E-state index in [1.165, 1.54) is 43.3 Å². The van der Waals surface area contributed by atoms with Gasteiger partial charge in [0, 0.05) is 24.7 Å². The van der Waals surface area contributed by atoms with E-state index in [2.05, 4.69) is 5.32 Å². The minimum absolute atomic E-state index is 0.0255. The van der Waals surface area contributed by atoms with Crippen LogP contribution in [-0.4, -0.2) is 22.6 Å². The van der Waals surface area contributed by atoms with E-state index in [4.69, 9.17) is 11.6 Å². The topological polar surface area (TPSA) is 110 Å². The van der Waals surface area contributed by atoms with Crippen molar-refractivity contribution in [2.45, 2.75) is 6.92 Å². The van der Waals surface area contributed by atoms with Crippen molar-refractivity contribution in [3.05, 3.63) is 69.2 Å². The Hall–Kier alpha value is -3.52. The van der Waals surface area contributed by atoms with Crippen molar-refractivity contribution in [2.24, 2.45) is 0 Å². The molecule has 2 aromatic rings. The number of halogens is 1. The molecule has 3 amide bonds. The van der Waals surface area contributed by atoms with Crippen LogP contribution in [0.3, 0.4) is 0 Å². The van der Waals surface area contributed by atoms with Crippen molar-refractivity contribution >= 4 is 52.0 Å². The molecule has 0 bridgehead atoms. The second-order valence-electron chi connectivity index (χ2n) is 5.67. The normalized spacial score (nSPS) is 13.9. The number of carbonyl (C=O) groups is 3. The number of imide groups is 1. The first-order valence-electron chi connectivity index (χ1n) is 7.70. The summed E-state index contributed by atoms with van der Waals surface area (Å²) in [5.74, 6) is -1.57. The molecule has 1 N–H and O–H groups in total. The zero-order valence-corrected chi connectivity index (χ0v) is 14.7. The number of amides is 3. The van der Waals surface area contributed by atoms with Crippen LogP contribution in [-0.2, 0) is 14.4 Å². The van der Waals surface area contributed by atoms with E-state index < -0.39 is 16.7 Å². The molecule has 1 aliphatic rings. The molecule has 0 spiro atoms. The second kappa shape index (κ2) is 7.00. The van der Waals surface area contributed by atoms with E-state index in [9.17, 15) is 24.5 Å². The maximum atomic E-state index is 12.8. The second-order valence-corrected chi connectivity index (χ2v) is 6.04. The number of rotatable bonds is 4. The summed E-state index contributed by atoms with van der Waals surface area (Å²) in [7, 11) is 0. The molecular formula is C18H12ClN3O5. The molecule has 136 valence electrons. The smallest absolute Gasteiger partial charge is 0.277 e. The molecule has 1 aliphatic heterocycles.